The molecule has 0 spiro atoms. The Morgan fingerprint density at radius 3 is 2.47 bits per heavy atom. The lowest BCUT2D eigenvalue weighted by Crippen LogP contribution is -2.21. The average Bonchev–Trinajstić information content (AvgIpc) is 3.69. The number of anilines is 1. The van der Waals surface area contributed by atoms with Gasteiger partial charge in [0.25, 0.3) is 0 Å². The summed E-state index contributed by atoms with van der Waals surface area (Å²) in [5.41, 5.74) is 4.53. The quantitative estimate of drug-likeness (QED) is 0.344. The summed E-state index contributed by atoms with van der Waals surface area (Å²) >= 11 is 0. The standard InChI is InChI=1S/C28H22FN5/c29-22-7-3-5-19(15-22)20-9-10-24-23(16-20)27(34-26(33-24)21-6-4-13-30-17-21)32-18-28(11-12-28)25-8-1-2-14-31-25/h1-10,13-17H,11-12,18H2,(H,32,33,34). The molecule has 3 heterocycles. The first-order chi connectivity index (χ1) is 16.7. The second kappa shape index (κ2) is 8.30. The van der Waals surface area contributed by atoms with Crippen molar-refractivity contribution >= 4 is 16.7 Å². The smallest absolute Gasteiger partial charge is 0.163 e. The molecule has 3 aromatic heterocycles. The fourth-order valence-electron chi connectivity index (χ4n) is 4.34. The molecule has 0 atom stereocenters. The summed E-state index contributed by atoms with van der Waals surface area (Å²) in [5, 5.41) is 4.50. The van der Waals surface area contributed by atoms with Crippen LogP contribution in [0.15, 0.2) is 91.4 Å². The summed E-state index contributed by atoms with van der Waals surface area (Å²) in [6, 6.07) is 22.5. The lowest BCUT2D eigenvalue weighted by Gasteiger charge is -2.18. The highest BCUT2D eigenvalue weighted by Crippen LogP contribution is 2.47. The number of hydrogen-bond donors (Lipinski definition) is 1. The normalized spacial score (nSPS) is 14.1. The third-order valence-corrected chi connectivity index (χ3v) is 6.43. The van der Waals surface area contributed by atoms with Crippen molar-refractivity contribution < 1.29 is 4.39 Å². The molecule has 1 aliphatic rings. The lowest BCUT2D eigenvalue weighted by atomic mass is 10.0. The van der Waals surface area contributed by atoms with E-state index in [9.17, 15) is 4.39 Å². The van der Waals surface area contributed by atoms with Crippen LogP contribution < -0.4 is 5.32 Å². The topological polar surface area (TPSA) is 63.6 Å². The van der Waals surface area contributed by atoms with E-state index in [4.69, 9.17) is 9.97 Å². The predicted octanol–water partition coefficient (Wildman–Crippen LogP) is 6.04. The van der Waals surface area contributed by atoms with Gasteiger partial charge >= 0.3 is 0 Å². The molecule has 0 saturated heterocycles. The number of hydrogen-bond acceptors (Lipinski definition) is 5. The van der Waals surface area contributed by atoms with Gasteiger partial charge in [-0.3, -0.25) is 9.97 Å². The molecular formula is C28H22FN5. The lowest BCUT2D eigenvalue weighted by molar-refractivity contribution is 0.628. The minimum atomic E-state index is -0.259. The second-order valence-corrected chi connectivity index (χ2v) is 8.73. The number of rotatable bonds is 6. The van der Waals surface area contributed by atoms with E-state index < -0.39 is 0 Å². The van der Waals surface area contributed by atoms with Crippen LogP contribution >= 0.6 is 0 Å². The Bertz CT molecular complexity index is 1470. The van der Waals surface area contributed by atoms with Crippen molar-refractivity contribution in [3.05, 3.63) is 103 Å². The van der Waals surface area contributed by atoms with E-state index >= 15 is 0 Å². The molecular weight excluding hydrogens is 425 g/mol. The van der Waals surface area contributed by atoms with E-state index in [2.05, 4.69) is 21.4 Å². The molecule has 6 heteroatoms. The minimum Gasteiger partial charge on any atom is -0.368 e. The molecule has 6 rings (SSSR count). The number of halogens is 1. The summed E-state index contributed by atoms with van der Waals surface area (Å²) in [6.45, 7) is 0.729. The van der Waals surface area contributed by atoms with Crippen LogP contribution in [0.1, 0.15) is 18.5 Å². The van der Waals surface area contributed by atoms with Gasteiger partial charge in [0.2, 0.25) is 0 Å². The van der Waals surface area contributed by atoms with Crippen molar-refractivity contribution in [1.82, 2.24) is 19.9 Å². The van der Waals surface area contributed by atoms with Gasteiger partial charge < -0.3 is 5.32 Å². The van der Waals surface area contributed by atoms with Crippen LogP contribution in [0.25, 0.3) is 33.4 Å². The maximum Gasteiger partial charge on any atom is 0.163 e. The monoisotopic (exact) mass is 447 g/mol. The fourth-order valence-corrected chi connectivity index (χ4v) is 4.34. The van der Waals surface area contributed by atoms with Crippen LogP contribution in [0, 0.1) is 5.82 Å². The molecule has 1 N–H and O–H groups in total. The first kappa shape index (κ1) is 20.4. The molecule has 1 fully saturated rings. The predicted molar refractivity (Wildman–Crippen MR) is 132 cm³/mol. The van der Waals surface area contributed by atoms with E-state index in [1.54, 1.807) is 24.5 Å². The van der Waals surface area contributed by atoms with Gasteiger partial charge in [0, 0.05) is 47.2 Å². The Labute approximate surface area is 196 Å². The van der Waals surface area contributed by atoms with Crippen molar-refractivity contribution in [1.29, 1.82) is 0 Å². The van der Waals surface area contributed by atoms with Crippen LogP contribution in [-0.2, 0) is 5.41 Å². The van der Waals surface area contributed by atoms with E-state index in [1.807, 2.05) is 54.7 Å². The number of aromatic nitrogens is 4. The van der Waals surface area contributed by atoms with E-state index in [0.717, 1.165) is 58.5 Å². The van der Waals surface area contributed by atoms with Gasteiger partial charge in [0.05, 0.1) is 5.52 Å². The van der Waals surface area contributed by atoms with Crippen LogP contribution in [0.5, 0.6) is 0 Å². The zero-order valence-corrected chi connectivity index (χ0v) is 18.4. The maximum atomic E-state index is 13.9. The number of nitrogens with zero attached hydrogens (tertiary/aromatic N) is 4. The zero-order chi connectivity index (χ0) is 23.0. The van der Waals surface area contributed by atoms with Gasteiger partial charge in [-0.15, -0.1) is 0 Å². The van der Waals surface area contributed by atoms with Crippen molar-refractivity contribution in [3.8, 4) is 22.5 Å². The van der Waals surface area contributed by atoms with Gasteiger partial charge in [0.1, 0.15) is 11.6 Å². The van der Waals surface area contributed by atoms with Crippen molar-refractivity contribution in [3.63, 3.8) is 0 Å². The second-order valence-electron chi connectivity index (χ2n) is 8.73. The van der Waals surface area contributed by atoms with Crippen LogP contribution in [0.2, 0.25) is 0 Å². The summed E-state index contributed by atoms with van der Waals surface area (Å²) in [6.07, 6.45) is 7.52. The van der Waals surface area contributed by atoms with Crippen LogP contribution in [0.4, 0.5) is 10.2 Å². The Balaban J connectivity index is 1.43. The van der Waals surface area contributed by atoms with E-state index in [1.165, 1.54) is 6.07 Å². The number of pyridine rings is 2. The Morgan fingerprint density at radius 1 is 0.824 bits per heavy atom. The Hall–Kier alpha value is -4.19. The number of benzene rings is 2. The van der Waals surface area contributed by atoms with Gasteiger partial charge in [-0.05, 0) is 72.5 Å². The van der Waals surface area contributed by atoms with E-state index in [0.29, 0.717) is 5.82 Å². The zero-order valence-electron chi connectivity index (χ0n) is 18.4. The Morgan fingerprint density at radius 2 is 1.71 bits per heavy atom. The highest BCUT2D eigenvalue weighted by Gasteiger charge is 2.45. The van der Waals surface area contributed by atoms with Crippen LogP contribution in [0.3, 0.4) is 0 Å². The minimum absolute atomic E-state index is 0.0210. The maximum absolute atomic E-state index is 13.9. The van der Waals surface area contributed by atoms with E-state index in [-0.39, 0.29) is 11.2 Å². The molecule has 0 bridgehead atoms. The first-order valence-electron chi connectivity index (χ1n) is 11.3. The molecule has 166 valence electrons. The van der Waals surface area contributed by atoms with Crippen molar-refractivity contribution in [2.75, 3.05) is 11.9 Å². The summed E-state index contributed by atoms with van der Waals surface area (Å²) in [5.74, 6) is 1.11. The first-order valence-corrected chi connectivity index (χ1v) is 11.3. The Kier molecular flexibility index (Phi) is 4.99. The number of fused-ring (bicyclic) bond motifs is 1. The van der Waals surface area contributed by atoms with Crippen molar-refractivity contribution in [2.24, 2.45) is 0 Å². The summed E-state index contributed by atoms with van der Waals surface area (Å²) in [7, 11) is 0. The molecule has 2 aromatic carbocycles. The highest BCUT2D eigenvalue weighted by atomic mass is 19.1. The molecule has 0 radical (unpaired) electrons. The van der Waals surface area contributed by atoms with Crippen molar-refractivity contribution in [2.45, 2.75) is 18.3 Å². The molecule has 5 aromatic rings. The molecule has 0 amide bonds. The SMILES string of the molecule is Fc1cccc(-c2ccc3nc(-c4cccnc4)nc(NCC4(c5ccccn5)CC4)c3c2)c1. The van der Waals surface area contributed by atoms with Gasteiger partial charge in [-0.25, -0.2) is 14.4 Å². The largest absolute Gasteiger partial charge is 0.368 e. The molecule has 0 unspecified atom stereocenters. The molecule has 0 aliphatic heterocycles. The molecule has 34 heavy (non-hydrogen) atoms. The average molecular weight is 448 g/mol. The third-order valence-electron chi connectivity index (χ3n) is 6.43. The van der Waals surface area contributed by atoms with Gasteiger partial charge in [0.15, 0.2) is 5.82 Å². The fraction of sp³-hybridized carbons (Fsp3) is 0.143. The summed E-state index contributed by atoms with van der Waals surface area (Å²) in [4.78, 5) is 18.5. The molecule has 1 saturated carbocycles. The third kappa shape index (κ3) is 3.88. The summed E-state index contributed by atoms with van der Waals surface area (Å²) < 4.78 is 13.9. The highest BCUT2D eigenvalue weighted by molar-refractivity contribution is 5.94. The van der Waals surface area contributed by atoms with Gasteiger partial charge in [-0.2, -0.15) is 0 Å². The van der Waals surface area contributed by atoms with Gasteiger partial charge in [-0.1, -0.05) is 24.3 Å². The number of nitrogens with one attached hydrogen (secondary N) is 1. The molecule has 1 aliphatic carbocycles. The molecule has 5 nitrogen and oxygen atoms in total. The van der Waals surface area contributed by atoms with Crippen LogP contribution in [-0.4, -0.2) is 26.5 Å².